The molecule has 152 valence electrons. The van der Waals surface area contributed by atoms with Crippen molar-refractivity contribution >= 4 is 27.3 Å². The molecule has 0 aliphatic carbocycles. The van der Waals surface area contributed by atoms with E-state index in [9.17, 15) is 18.1 Å². The lowest BCUT2D eigenvalue weighted by Gasteiger charge is -2.15. The first-order valence-electron chi connectivity index (χ1n) is 9.06. The van der Waals surface area contributed by atoms with Crippen molar-refractivity contribution in [2.75, 3.05) is 5.32 Å². The minimum atomic E-state index is -4.02. The molecule has 0 amide bonds. The summed E-state index contributed by atoms with van der Waals surface area (Å²) in [6, 6.07) is 23.1. The van der Waals surface area contributed by atoms with E-state index < -0.39 is 9.84 Å². The van der Waals surface area contributed by atoms with Crippen LogP contribution >= 0.6 is 11.8 Å². The Morgan fingerprint density at radius 2 is 1.63 bits per heavy atom. The Morgan fingerprint density at radius 1 is 1.00 bits per heavy atom. The number of aryl methyl sites for hydroxylation is 1. The highest BCUT2D eigenvalue weighted by molar-refractivity contribution is 8.04. The second-order valence-corrected chi connectivity index (χ2v) is 9.31. The molecule has 0 fully saturated rings. The molecular formula is C23H19FN2O2S2. The summed E-state index contributed by atoms with van der Waals surface area (Å²) in [5.41, 5.74) is 2.42. The number of para-hydroxylation sites is 1. The highest BCUT2D eigenvalue weighted by Crippen LogP contribution is 2.32. The van der Waals surface area contributed by atoms with Gasteiger partial charge >= 0.3 is 0 Å². The summed E-state index contributed by atoms with van der Waals surface area (Å²) in [6.07, 6.45) is 0. The van der Waals surface area contributed by atoms with Crippen molar-refractivity contribution in [1.29, 1.82) is 5.26 Å². The Balaban J connectivity index is 2.04. The van der Waals surface area contributed by atoms with Gasteiger partial charge in [-0.05, 0) is 48.4 Å². The predicted molar refractivity (Wildman–Crippen MR) is 119 cm³/mol. The van der Waals surface area contributed by atoms with Gasteiger partial charge in [-0.15, -0.1) is 11.8 Å². The van der Waals surface area contributed by atoms with Crippen molar-refractivity contribution in [1.82, 2.24) is 0 Å². The van der Waals surface area contributed by atoms with Crippen LogP contribution in [0.1, 0.15) is 11.1 Å². The molecule has 4 nitrogen and oxygen atoms in total. The van der Waals surface area contributed by atoms with E-state index in [0.29, 0.717) is 11.4 Å². The topological polar surface area (TPSA) is 70.0 Å². The number of thioether (sulfide) groups is 1. The van der Waals surface area contributed by atoms with Gasteiger partial charge in [0.25, 0.3) is 0 Å². The number of anilines is 1. The van der Waals surface area contributed by atoms with Crippen LogP contribution in [0, 0.1) is 24.1 Å². The zero-order valence-corrected chi connectivity index (χ0v) is 17.8. The van der Waals surface area contributed by atoms with E-state index in [0.717, 1.165) is 11.1 Å². The van der Waals surface area contributed by atoms with Crippen molar-refractivity contribution in [3.63, 3.8) is 0 Å². The number of allylic oxidation sites excluding steroid dienone is 1. The molecule has 0 saturated carbocycles. The molecule has 0 saturated heterocycles. The standard InChI is InChI=1S/C23H19FN2O2S2/c1-17-7-5-6-10-21(17)26-23(29-16-18-11-13-19(24)14-12-18)22(15-25)30(27,28)20-8-3-2-4-9-20/h2-14,26H,16H2,1H3/b23-22+. The van der Waals surface area contributed by atoms with Crippen molar-refractivity contribution in [2.45, 2.75) is 17.6 Å². The number of benzene rings is 3. The van der Waals surface area contributed by atoms with E-state index in [1.807, 2.05) is 37.3 Å². The fraction of sp³-hybridized carbons (Fsp3) is 0.0870. The highest BCUT2D eigenvalue weighted by Gasteiger charge is 2.25. The van der Waals surface area contributed by atoms with E-state index in [1.54, 1.807) is 30.3 Å². The third-order valence-corrected chi connectivity index (χ3v) is 7.25. The number of halogens is 1. The zero-order chi connectivity index (χ0) is 21.6. The van der Waals surface area contributed by atoms with Crippen LogP contribution in [0.3, 0.4) is 0 Å². The fourth-order valence-corrected chi connectivity index (χ4v) is 5.22. The lowest BCUT2D eigenvalue weighted by molar-refractivity contribution is 0.603. The molecule has 0 aliphatic heterocycles. The molecule has 3 aromatic carbocycles. The van der Waals surface area contributed by atoms with Crippen LogP contribution in [-0.2, 0) is 15.6 Å². The minimum Gasteiger partial charge on any atom is -0.348 e. The molecule has 0 bridgehead atoms. The molecule has 0 aromatic heterocycles. The molecule has 0 heterocycles. The third kappa shape index (κ3) is 5.09. The van der Waals surface area contributed by atoms with Gasteiger partial charge in [0.15, 0.2) is 4.91 Å². The maximum Gasteiger partial charge on any atom is 0.219 e. The first kappa shape index (κ1) is 21.6. The lowest BCUT2D eigenvalue weighted by atomic mass is 10.2. The van der Waals surface area contributed by atoms with Crippen LogP contribution in [0.4, 0.5) is 10.1 Å². The first-order chi connectivity index (χ1) is 14.4. The second kappa shape index (κ2) is 9.61. The molecule has 30 heavy (non-hydrogen) atoms. The van der Waals surface area contributed by atoms with Crippen LogP contribution in [-0.4, -0.2) is 8.42 Å². The van der Waals surface area contributed by atoms with Gasteiger partial charge in [0, 0.05) is 11.4 Å². The number of rotatable bonds is 7. The van der Waals surface area contributed by atoms with E-state index >= 15 is 0 Å². The number of hydrogen-bond donors (Lipinski definition) is 1. The Bertz CT molecular complexity index is 1200. The Labute approximate surface area is 180 Å². The summed E-state index contributed by atoms with van der Waals surface area (Å²) in [7, 11) is -4.02. The molecular weight excluding hydrogens is 419 g/mol. The van der Waals surface area contributed by atoms with Gasteiger partial charge in [-0.1, -0.05) is 48.5 Å². The highest BCUT2D eigenvalue weighted by atomic mass is 32.2. The number of nitrogens with zero attached hydrogens (tertiary/aromatic N) is 1. The Morgan fingerprint density at radius 3 is 2.27 bits per heavy atom. The predicted octanol–water partition coefficient (Wildman–Crippen LogP) is 5.65. The van der Waals surface area contributed by atoms with Crippen LogP contribution in [0.2, 0.25) is 0 Å². The molecule has 0 unspecified atom stereocenters. The molecule has 7 heteroatoms. The second-order valence-electron chi connectivity index (χ2n) is 6.44. The number of hydrogen-bond acceptors (Lipinski definition) is 5. The van der Waals surface area contributed by atoms with E-state index in [4.69, 9.17) is 0 Å². The SMILES string of the molecule is Cc1ccccc1N/C(SCc1ccc(F)cc1)=C(/C#N)S(=O)(=O)c1ccccc1. The fourth-order valence-electron chi connectivity index (χ4n) is 2.68. The summed E-state index contributed by atoms with van der Waals surface area (Å²) in [4.78, 5) is -0.308. The smallest absolute Gasteiger partial charge is 0.219 e. The average Bonchev–Trinajstić information content (AvgIpc) is 2.75. The van der Waals surface area contributed by atoms with Gasteiger partial charge in [0.2, 0.25) is 9.84 Å². The molecule has 1 N–H and O–H groups in total. The van der Waals surface area contributed by atoms with Crippen LogP contribution in [0.15, 0.2) is 93.7 Å². The van der Waals surface area contributed by atoms with Gasteiger partial charge in [0.1, 0.15) is 16.9 Å². The molecule has 0 radical (unpaired) electrons. The summed E-state index contributed by atoms with van der Waals surface area (Å²) in [5, 5.41) is 13.1. The van der Waals surface area contributed by atoms with Crippen molar-refractivity contribution < 1.29 is 12.8 Å². The molecule has 0 spiro atoms. The van der Waals surface area contributed by atoms with Crippen molar-refractivity contribution in [3.8, 4) is 6.07 Å². The summed E-state index contributed by atoms with van der Waals surface area (Å²) >= 11 is 1.18. The average molecular weight is 439 g/mol. The van der Waals surface area contributed by atoms with Gasteiger partial charge in [-0.3, -0.25) is 0 Å². The van der Waals surface area contributed by atoms with Crippen molar-refractivity contribution in [3.05, 3.63) is 106 Å². The molecule has 3 aromatic rings. The normalized spacial score (nSPS) is 12.0. The van der Waals surface area contributed by atoms with Crippen molar-refractivity contribution in [2.24, 2.45) is 0 Å². The van der Waals surface area contributed by atoms with E-state index in [1.165, 1.54) is 36.0 Å². The van der Waals surface area contributed by atoms with E-state index in [2.05, 4.69) is 5.32 Å². The monoisotopic (exact) mass is 438 g/mol. The number of sulfone groups is 1. The number of nitrogens with one attached hydrogen (secondary N) is 1. The Kier molecular flexibility index (Phi) is 6.93. The largest absolute Gasteiger partial charge is 0.348 e. The molecule has 0 atom stereocenters. The maximum atomic E-state index is 13.2. The molecule has 3 rings (SSSR count). The minimum absolute atomic E-state index is 0.0491. The number of nitriles is 1. The quantitative estimate of drug-likeness (QED) is 0.483. The van der Waals surface area contributed by atoms with Crippen LogP contribution in [0.5, 0.6) is 0 Å². The van der Waals surface area contributed by atoms with Crippen LogP contribution in [0.25, 0.3) is 0 Å². The first-order valence-corrected chi connectivity index (χ1v) is 11.5. The lowest BCUT2D eigenvalue weighted by Crippen LogP contribution is -2.10. The van der Waals surface area contributed by atoms with Gasteiger partial charge in [0.05, 0.1) is 4.90 Å². The zero-order valence-electron chi connectivity index (χ0n) is 16.2. The van der Waals surface area contributed by atoms with Gasteiger partial charge < -0.3 is 5.32 Å². The summed E-state index contributed by atoms with van der Waals surface area (Å²) in [6.45, 7) is 1.89. The molecule has 0 aliphatic rings. The van der Waals surface area contributed by atoms with E-state index in [-0.39, 0.29) is 20.6 Å². The summed E-state index contributed by atoms with van der Waals surface area (Å²) < 4.78 is 39.5. The van der Waals surface area contributed by atoms with Gasteiger partial charge in [-0.25, -0.2) is 12.8 Å². The van der Waals surface area contributed by atoms with Gasteiger partial charge in [-0.2, -0.15) is 5.26 Å². The third-order valence-electron chi connectivity index (χ3n) is 4.32. The Hall–Kier alpha value is -3.08. The van der Waals surface area contributed by atoms with Crippen LogP contribution < -0.4 is 5.32 Å². The maximum absolute atomic E-state index is 13.2. The summed E-state index contributed by atoms with van der Waals surface area (Å²) in [5.74, 6) is 0.0196.